The van der Waals surface area contributed by atoms with Gasteiger partial charge >= 0.3 is 12.1 Å². The number of aliphatic hydroxyl groups is 1. The number of amides is 1. The Bertz CT molecular complexity index is 356. The second-order valence-electron chi connectivity index (χ2n) is 6.56. The number of alkyl carbamates (subject to hydrolysis) is 1. The molecule has 0 spiro atoms. The molecule has 2 N–H and O–H groups in total. The highest BCUT2D eigenvalue weighted by molar-refractivity contribution is 5.82. The summed E-state index contributed by atoms with van der Waals surface area (Å²) in [5.74, 6) is -0.609. The Morgan fingerprint density at radius 2 is 1.76 bits per heavy atom. The lowest BCUT2D eigenvalue weighted by Gasteiger charge is -2.27. The van der Waals surface area contributed by atoms with Crippen LogP contribution in [0.3, 0.4) is 0 Å². The minimum Gasteiger partial charge on any atom is -0.461 e. The summed E-state index contributed by atoms with van der Waals surface area (Å²) in [5.41, 5.74) is -0.666. The monoisotopic (exact) mass is 301 g/mol. The molecule has 6 heteroatoms. The van der Waals surface area contributed by atoms with Crippen molar-refractivity contribution in [2.75, 3.05) is 0 Å². The van der Waals surface area contributed by atoms with E-state index in [0.717, 1.165) is 32.1 Å². The van der Waals surface area contributed by atoms with E-state index in [1.165, 1.54) is 6.92 Å². The van der Waals surface area contributed by atoms with Gasteiger partial charge < -0.3 is 19.9 Å². The minimum absolute atomic E-state index is 0.118. The molecule has 1 aliphatic carbocycles. The molecule has 0 unspecified atom stereocenters. The van der Waals surface area contributed by atoms with E-state index in [-0.39, 0.29) is 6.10 Å². The second kappa shape index (κ2) is 7.64. The first kappa shape index (κ1) is 17.8. The van der Waals surface area contributed by atoms with Gasteiger partial charge in [-0.05, 0) is 53.4 Å². The Balaban J connectivity index is 2.55. The fourth-order valence-electron chi connectivity index (χ4n) is 2.23. The van der Waals surface area contributed by atoms with Gasteiger partial charge in [0.1, 0.15) is 11.7 Å². The maximum Gasteiger partial charge on any atom is 0.408 e. The quantitative estimate of drug-likeness (QED) is 0.777. The number of aliphatic hydroxyl groups excluding tert-OH is 1. The third-order valence-corrected chi connectivity index (χ3v) is 3.24. The zero-order valence-corrected chi connectivity index (χ0v) is 13.3. The van der Waals surface area contributed by atoms with Crippen molar-refractivity contribution in [2.45, 2.75) is 83.6 Å². The molecule has 1 fully saturated rings. The van der Waals surface area contributed by atoms with E-state index in [1.54, 1.807) is 20.8 Å². The topological polar surface area (TPSA) is 84.9 Å². The van der Waals surface area contributed by atoms with Gasteiger partial charge in [-0.15, -0.1) is 0 Å². The van der Waals surface area contributed by atoms with Gasteiger partial charge in [0, 0.05) is 0 Å². The average Bonchev–Trinajstić information content (AvgIpc) is 2.34. The zero-order valence-electron chi connectivity index (χ0n) is 13.3. The molecule has 0 aliphatic heterocycles. The summed E-state index contributed by atoms with van der Waals surface area (Å²) in [7, 11) is 0. The van der Waals surface area contributed by atoms with Gasteiger partial charge in [0.15, 0.2) is 6.04 Å². The Morgan fingerprint density at radius 3 is 2.24 bits per heavy atom. The molecule has 1 aliphatic rings. The number of carbonyl (C=O) groups is 2. The summed E-state index contributed by atoms with van der Waals surface area (Å²) in [6.45, 7) is 6.61. The van der Waals surface area contributed by atoms with Crippen LogP contribution in [0.5, 0.6) is 0 Å². The van der Waals surface area contributed by atoms with Crippen molar-refractivity contribution in [3.05, 3.63) is 0 Å². The van der Waals surface area contributed by atoms with E-state index in [9.17, 15) is 14.7 Å². The zero-order chi connectivity index (χ0) is 16.0. The lowest BCUT2D eigenvalue weighted by Crippen LogP contribution is -2.50. The second-order valence-corrected chi connectivity index (χ2v) is 6.56. The molecule has 0 bridgehead atoms. The third-order valence-electron chi connectivity index (χ3n) is 3.24. The highest BCUT2D eigenvalue weighted by atomic mass is 16.6. The fraction of sp³-hybridized carbons (Fsp3) is 0.867. The summed E-state index contributed by atoms with van der Waals surface area (Å²) < 4.78 is 10.5. The van der Waals surface area contributed by atoms with Crippen LogP contribution in [0.1, 0.15) is 59.8 Å². The Labute approximate surface area is 126 Å². The largest absolute Gasteiger partial charge is 0.461 e. The van der Waals surface area contributed by atoms with Gasteiger partial charge in [0.2, 0.25) is 0 Å². The minimum atomic E-state index is -1.11. The summed E-state index contributed by atoms with van der Waals surface area (Å²) in [5, 5.41) is 12.1. The normalized spacial score (nSPS) is 19.5. The van der Waals surface area contributed by atoms with E-state index in [1.807, 2.05) is 0 Å². The number of carbonyl (C=O) groups excluding carboxylic acids is 2. The molecule has 1 amide bonds. The lowest BCUT2D eigenvalue weighted by atomic mass is 9.98. The molecular weight excluding hydrogens is 274 g/mol. The van der Waals surface area contributed by atoms with Crippen LogP contribution in [0.2, 0.25) is 0 Å². The van der Waals surface area contributed by atoms with Crippen molar-refractivity contribution in [3.63, 3.8) is 0 Å². The molecule has 0 radical (unpaired) electrons. The third kappa shape index (κ3) is 6.80. The van der Waals surface area contributed by atoms with E-state index < -0.39 is 29.8 Å². The first-order valence-corrected chi connectivity index (χ1v) is 7.57. The molecule has 0 aromatic carbocycles. The van der Waals surface area contributed by atoms with Crippen LogP contribution in [0.4, 0.5) is 4.79 Å². The van der Waals surface area contributed by atoms with Crippen LogP contribution in [0.25, 0.3) is 0 Å². The number of ether oxygens (including phenoxy) is 2. The highest BCUT2D eigenvalue weighted by Gasteiger charge is 2.31. The number of hydrogen-bond acceptors (Lipinski definition) is 5. The summed E-state index contributed by atoms with van der Waals surface area (Å²) in [6.07, 6.45) is 3.00. The van der Waals surface area contributed by atoms with Gasteiger partial charge in [0.25, 0.3) is 0 Å². The summed E-state index contributed by atoms with van der Waals surface area (Å²) >= 11 is 0. The van der Waals surface area contributed by atoms with Crippen molar-refractivity contribution in [2.24, 2.45) is 0 Å². The van der Waals surface area contributed by atoms with Crippen molar-refractivity contribution < 1.29 is 24.2 Å². The van der Waals surface area contributed by atoms with Crippen molar-refractivity contribution in [3.8, 4) is 0 Å². The van der Waals surface area contributed by atoms with Crippen LogP contribution in [-0.4, -0.2) is 41.0 Å². The molecule has 122 valence electrons. The van der Waals surface area contributed by atoms with Crippen molar-refractivity contribution in [1.82, 2.24) is 5.32 Å². The Kier molecular flexibility index (Phi) is 6.45. The van der Waals surface area contributed by atoms with Gasteiger partial charge in [-0.3, -0.25) is 0 Å². The number of esters is 1. The summed E-state index contributed by atoms with van der Waals surface area (Å²) in [6, 6.07) is -1.11. The molecule has 0 aromatic rings. The maximum absolute atomic E-state index is 12.1. The fourth-order valence-corrected chi connectivity index (χ4v) is 2.23. The van der Waals surface area contributed by atoms with Gasteiger partial charge in [-0.25, -0.2) is 9.59 Å². The number of nitrogens with one attached hydrogen (secondary N) is 1. The van der Waals surface area contributed by atoms with Crippen LogP contribution >= 0.6 is 0 Å². The van der Waals surface area contributed by atoms with E-state index in [2.05, 4.69) is 5.32 Å². The van der Waals surface area contributed by atoms with Crippen LogP contribution < -0.4 is 5.32 Å². The lowest BCUT2D eigenvalue weighted by molar-refractivity contribution is -0.155. The Morgan fingerprint density at radius 1 is 1.19 bits per heavy atom. The van der Waals surface area contributed by atoms with Gasteiger partial charge in [-0.2, -0.15) is 0 Å². The molecular formula is C15H27NO5. The molecule has 6 nitrogen and oxygen atoms in total. The van der Waals surface area contributed by atoms with Crippen LogP contribution in [0, 0.1) is 0 Å². The predicted molar refractivity (Wildman–Crippen MR) is 77.8 cm³/mol. The van der Waals surface area contributed by atoms with Crippen molar-refractivity contribution >= 4 is 12.1 Å². The predicted octanol–water partition coefficient (Wildman–Crippen LogP) is 2.14. The molecule has 1 rings (SSSR count). The first-order chi connectivity index (χ1) is 9.69. The number of hydrogen-bond donors (Lipinski definition) is 2. The SMILES string of the molecule is C[C@H](O)[C@H](NC(=O)OC(C)(C)C)C(=O)OC1CCCCC1. The average molecular weight is 301 g/mol. The molecule has 0 saturated heterocycles. The number of rotatable bonds is 4. The van der Waals surface area contributed by atoms with Crippen LogP contribution in [0.15, 0.2) is 0 Å². The van der Waals surface area contributed by atoms with E-state index >= 15 is 0 Å². The standard InChI is InChI=1S/C15H27NO5/c1-10(17)12(16-14(19)21-15(2,3)4)13(18)20-11-8-6-5-7-9-11/h10-12,17H,5-9H2,1-4H3,(H,16,19)/t10-,12-/m0/s1. The first-order valence-electron chi connectivity index (χ1n) is 7.57. The summed E-state index contributed by atoms with van der Waals surface area (Å²) in [4.78, 5) is 23.8. The Hall–Kier alpha value is -1.30. The molecule has 0 aromatic heterocycles. The van der Waals surface area contributed by atoms with E-state index in [0.29, 0.717) is 0 Å². The smallest absolute Gasteiger partial charge is 0.408 e. The van der Waals surface area contributed by atoms with Crippen molar-refractivity contribution in [1.29, 1.82) is 0 Å². The van der Waals surface area contributed by atoms with Gasteiger partial charge in [-0.1, -0.05) is 6.42 Å². The molecule has 1 saturated carbocycles. The maximum atomic E-state index is 12.1. The molecule has 21 heavy (non-hydrogen) atoms. The molecule has 0 heterocycles. The molecule has 2 atom stereocenters. The van der Waals surface area contributed by atoms with Crippen LogP contribution in [-0.2, 0) is 14.3 Å². The van der Waals surface area contributed by atoms with E-state index in [4.69, 9.17) is 9.47 Å². The highest BCUT2D eigenvalue weighted by Crippen LogP contribution is 2.21. The van der Waals surface area contributed by atoms with Gasteiger partial charge in [0.05, 0.1) is 6.10 Å².